The number of ether oxygens (including phenoxy) is 2. The van der Waals surface area contributed by atoms with Crippen LogP contribution in [-0.2, 0) is 10.8 Å². The van der Waals surface area contributed by atoms with Gasteiger partial charge in [0.1, 0.15) is 0 Å². The number of hydrogen-bond acceptors (Lipinski definition) is 5. The molecule has 0 saturated heterocycles. The second-order valence-electron chi connectivity index (χ2n) is 4.94. The topological polar surface area (TPSA) is 67.8 Å². The Morgan fingerprint density at radius 3 is 2.81 bits per heavy atom. The maximum Gasteiger partial charge on any atom is 0.162 e. The number of aliphatic hydroxyl groups excluding tert-OH is 1. The third kappa shape index (κ3) is 4.69. The van der Waals surface area contributed by atoms with E-state index in [1.165, 1.54) is 0 Å². The van der Waals surface area contributed by atoms with Gasteiger partial charge in [0.2, 0.25) is 0 Å². The van der Waals surface area contributed by atoms with Gasteiger partial charge in [-0.25, -0.2) is 0 Å². The molecule has 1 aromatic carbocycles. The first kappa shape index (κ1) is 16.3. The van der Waals surface area contributed by atoms with E-state index in [1.807, 2.05) is 19.1 Å². The molecule has 21 heavy (non-hydrogen) atoms. The molecule has 1 aliphatic heterocycles. The Balaban J connectivity index is 2.06. The van der Waals surface area contributed by atoms with Crippen molar-refractivity contribution in [2.45, 2.75) is 30.7 Å². The van der Waals surface area contributed by atoms with Gasteiger partial charge in [-0.2, -0.15) is 0 Å². The quantitative estimate of drug-likeness (QED) is 0.794. The Morgan fingerprint density at radius 1 is 1.33 bits per heavy atom. The molecule has 1 heterocycles. The first-order chi connectivity index (χ1) is 10.2. The van der Waals surface area contributed by atoms with Gasteiger partial charge in [-0.05, 0) is 25.1 Å². The van der Waals surface area contributed by atoms with E-state index in [4.69, 9.17) is 14.6 Å². The lowest BCUT2D eigenvalue weighted by Gasteiger charge is -2.16. The van der Waals surface area contributed by atoms with Gasteiger partial charge in [0.15, 0.2) is 11.5 Å². The summed E-state index contributed by atoms with van der Waals surface area (Å²) in [6, 6.07) is 5.50. The van der Waals surface area contributed by atoms with Gasteiger partial charge < -0.3 is 19.9 Å². The van der Waals surface area contributed by atoms with Crippen LogP contribution in [0, 0.1) is 0 Å². The summed E-state index contributed by atoms with van der Waals surface area (Å²) in [5.41, 5.74) is 0. The third-order valence-electron chi connectivity index (χ3n) is 3.30. The lowest BCUT2D eigenvalue weighted by Crippen LogP contribution is -2.34. The molecule has 0 bridgehead atoms. The molecule has 2 unspecified atom stereocenters. The van der Waals surface area contributed by atoms with Gasteiger partial charge in [0.05, 0.1) is 24.0 Å². The molecule has 1 aliphatic rings. The lowest BCUT2D eigenvalue weighted by atomic mass is 10.2. The minimum Gasteiger partial charge on any atom is -0.490 e. The maximum absolute atomic E-state index is 12.5. The summed E-state index contributed by atoms with van der Waals surface area (Å²) in [4.78, 5) is 0.736. The number of rotatable bonds is 7. The minimum atomic E-state index is -1.13. The molecule has 2 rings (SSSR count). The van der Waals surface area contributed by atoms with Crippen LogP contribution in [0.3, 0.4) is 0 Å². The Kier molecular flexibility index (Phi) is 6.48. The SMILES string of the molecule is CCNC(CCO)CS(=O)c1ccc2c(c1)OCCCO2. The van der Waals surface area contributed by atoms with Crippen LogP contribution in [0.1, 0.15) is 19.8 Å². The molecule has 0 aromatic heterocycles. The molecule has 5 nitrogen and oxygen atoms in total. The lowest BCUT2D eigenvalue weighted by molar-refractivity contribution is 0.270. The zero-order valence-corrected chi connectivity index (χ0v) is 13.2. The van der Waals surface area contributed by atoms with Crippen molar-refractivity contribution in [3.63, 3.8) is 0 Å². The Morgan fingerprint density at radius 2 is 2.10 bits per heavy atom. The molecule has 118 valence electrons. The largest absolute Gasteiger partial charge is 0.490 e. The maximum atomic E-state index is 12.5. The number of fused-ring (bicyclic) bond motifs is 1. The summed E-state index contributed by atoms with van der Waals surface area (Å²) in [7, 11) is -1.13. The summed E-state index contributed by atoms with van der Waals surface area (Å²) in [6.45, 7) is 4.15. The molecule has 0 fully saturated rings. The van der Waals surface area contributed by atoms with Crippen LogP contribution in [0.15, 0.2) is 23.1 Å². The highest BCUT2D eigenvalue weighted by atomic mass is 32.2. The molecular weight excluding hydrogens is 290 g/mol. The van der Waals surface area contributed by atoms with Crippen molar-refractivity contribution in [2.24, 2.45) is 0 Å². The average molecular weight is 313 g/mol. The van der Waals surface area contributed by atoms with E-state index in [0.717, 1.165) is 17.9 Å². The summed E-state index contributed by atoms with van der Waals surface area (Å²) >= 11 is 0. The first-order valence-electron chi connectivity index (χ1n) is 7.37. The van der Waals surface area contributed by atoms with Gasteiger partial charge in [0.25, 0.3) is 0 Å². The number of nitrogens with one attached hydrogen (secondary N) is 1. The number of benzene rings is 1. The average Bonchev–Trinajstić information content (AvgIpc) is 2.72. The molecule has 0 amide bonds. The second kappa shape index (κ2) is 8.36. The number of hydrogen-bond donors (Lipinski definition) is 2. The smallest absolute Gasteiger partial charge is 0.162 e. The predicted molar refractivity (Wildman–Crippen MR) is 82.5 cm³/mol. The Labute approximate surface area is 128 Å². The van der Waals surface area contributed by atoms with E-state index in [9.17, 15) is 4.21 Å². The normalized spacial score (nSPS) is 17.0. The summed E-state index contributed by atoms with van der Waals surface area (Å²) in [5.74, 6) is 1.86. The monoisotopic (exact) mass is 313 g/mol. The fraction of sp³-hybridized carbons (Fsp3) is 0.600. The fourth-order valence-corrected chi connectivity index (χ4v) is 3.55. The van der Waals surface area contributed by atoms with Crippen LogP contribution < -0.4 is 14.8 Å². The number of aliphatic hydroxyl groups is 1. The van der Waals surface area contributed by atoms with Gasteiger partial charge in [-0.1, -0.05) is 6.92 Å². The molecular formula is C15H23NO4S. The summed E-state index contributed by atoms with van der Waals surface area (Å²) < 4.78 is 23.7. The third-order valence-corrected chi connectivity index (χ3v) is 4.79. The van der Waals surface area contributed by atoms with E-state index in [-0.39, 0.29) is 12.6 Å². The molecule has 0 aliphatic carbocycles. The van der Waals surface area contributed by atoms with Crippen molar-refractivity contribution in [3.05, 3.63) is 18.2 Å². The van der Waals surface area contributed by atoms with Crippen LogP contribution in [0.5, 0.6) is 11.5 Å². The summed E-state index contributed by atoms with van der Waals surface area (Å²) in [5, 5.41) is 12.3. The van der Waals surface area contributed by atoms with Crippen molar-refractivity contribution in [1.29, 1.82) is 0 Å². The zero-order chi connectivity index (χ0) is 15.1. The highest BCUT2D eigenvalue weighted by Gasteiger charge is 2.16. The molecule has 0 saturated carbocycles. The van der Waals surface area contributed by atoms with Crippen molar-refractivity contribution in [1.82, 2.24) is 5.32 Å². The van der Waals surface area contributed by atoms with Gasteiger partial charge in [-0.15, -0.1) is 0 Å². The van der Waals surface area contributed by atoms with Gasteiger partial charge >= 0.3 is 0 Å². The minimum absolute atomic E-state index is 0.0526. The molecule has 2 atom stereocenters. The van der Waals surface area contributed by atoms with Crippen molar-refractivity contribution >= 4 is 10.8 Å². The molecule has 6 heteroatoms. The molecule has 2 N–H and O–H groups in total. The Bertz CT molecular complexity index is 475. The van der Waals surface area contributed by atoms with Gasteiger partial charge in [0, 0.05) is 35.8 Å². The predicted octanol–water partition coefficient (Wildman–Crippen LogP) is 1.32. The standard InChI is InChI=1S/C15H23NO4S/c1-2-16-12(6-7-17)11-21(18)13-4-5-14-15(10-13)20-9-3-8-19-14/h4-5,10,12,16-17H,2-3,6-9,11H2,1H3. The van der Waals surface area contributed by atoms with Crippen molar-refractivity contribution < 1.29 is 18.8 Å². The van der Waals surface area contributed by atoms with Crippen LogP contribution in [0.4, 0.5) is 0 Å². The van der Waals surface area contributed by atoms with E-state index in [2.05, 4.69) is 5.32 Å². The highest BCUT2D eigenvalue weighted by molar-refractivity contribution is 7.85. The van der Waals surface area contributed by atoms with E-state index in [0.29, 0.717) is 36.9 Å². The van der Waals surface area contributed by atoms with E-state index < -0.39 is 10.8 Å². The zero-order valence-electron chi connectivity index (χ0n) is 12.3. The Hall–Kier alpha value is -1.11. The van der Waals surface area contributed by atoms with Crippen LogP contribution in [0.25, 0.3) is 0 Å². The van der Waals surface area contributed by atoms with E-state index in [1.54, 1.807) is 6.07 Å². The molecule has 0 radical (unpaired) electrons. The van der Waals surface area contributed by atoms with Crippen molar-refractivity contribution in [3.8, 4) is 11.5 Å². The van der Waals surface area contributed by atoms with Gasteiger partial charge in [-0.3, -0.25) is 4.21 Å². The second-order valence-corrected chi connectivity index (χ2v) is 6.43. The van der Waals surface area contributed by atoms with E-state index >= 15 is 0 Å². The molecule has 0 spiro atoms. The van der Waals surface area contributed by atoms with Crippen LogP contribution in [0.2, 0.25) is 0 Å². The van der Waals surface area contributed by atoms with Crippen LogP contribution in [-0.4, -0.2) is 47.5 Å². The first-order valence-corrected chi connectivity index (χ1v) is 8.68. The van der Waals surface area contributed by atoms with Crippen LogP contribution >= 0.6 is 0 Å². The highest BCUT2D eigenvalue weighted by Crippen LogP contribution is 2.31. The van der Waals surface area contributed by atoms with Crippen molar-refractivity contribution in [2.75, 3.05) is 32.1 Å². The molecule has 1 aromatic rings. The summed E-state index contributed by atoms with van der Waals surface area (Å²) in [6.07, 6.45) is 1.45. The fourth-order valence-electron chi connectivity index (χ4n) is 2.25.